The summed E-state index contributed by atoms with van der Waals surface area (Å²) in [6.07, 6.45) is 0.937. The van der Waals surface area contributed by atoms with Crippen molar-refractivity contribution >= 4 is 60.3 Å². The highest BCUT2D eigenvalue weighted by atomic mass is 35.5. The molecule has 13 heteroatoms. The maximum absolute atomic E-state index is 12.6. The standard InChI is InChI=1S/C13H11Cl2N3O6S2/c1-25(21,22)16-8-3-2-4-9(7-8)17-26(23,24)13-10(14)5-6-11(12(13)15)18(19)20/h2-7,16-17H,1H3. The Labute approximate surface area is 159 Å². The Morgan fingerprint density at radius 2 is 1.58 bits per heavy atom. The summed E-state index contributed by atoms with van der Waals surface area (Å²) < 4.78 is 52.0. The zero-order valence-corrected chi connectivity index (χ0v) is 16.1. The molecule has 0 fully saturated rings. The molecule has 2 aromatic rings. The normalized spacial score (nSPS) is 11.8. The van der Waals surface area contributed by atoms with Crippen molar-refractivity contribution in [3.05, 3.63) is 56.6 Å². The Hall–Kier alpha value is -2.08. The van der Waals surface area contributed by atoms with E-state index >= 15 is 0 Å². The first-order valence-electron chi connectivity index (χ1n) is 6.64. The first kappa shape index (κ1) is 20.2. The predicted octanol–water partition coefficient (Wildman–Crippen LogP) is 3.07. The predicted molar refractivity (Wildman–Crippen MR) is 98.8 cm³/mol. The van der Waals surface area contributed by atoms with Crippen LogP contribution in [0.4, 0.5) is 17.1 Å². The molecule has 0 aliphatic heterocycles. The quantitative estimate of drug-likeness (QED) is 0.524. The Morgan fingerprint density at radius 1 is 1.00 bits per heavy atom. The minimum atomic E-state index is -4.39. The van der Waals surface area contributed by atoms with E-state index in [0.717, 1.165) is 18.4 Å². The number of anilines is 2. The van der Waals surface area contributed by atoms with Gasteiger partial charge < -0.3 is 0 Å². The SMILES string of the molecule is CS(=O)(=O)Nc1cccc(NS(=O)(=O)c2c(Cl)ccc([N+](=O)[O-])c2Cl)c1. The molecule has 0 saturated carbocycles. The molecule has 0 amide bonds. The highest BCUT2D eigenvalue weighted by Crippen LogP contribution is 2.37. The van der Waals surface area contributed by atoms with Crippen LogP contribution in [0.5, 0.6) is 0 Å². The average molecular weight is 440 g/mol. The van der Waals surface area contributed by atoms with Gasteiger partial charge in [0, 0.05) is 6.07 Å². The van der Waals surface area contributed by atoms with Gasteiger partial charge in [-0.25, -0.2) is 16.8 Å². The summed E-state index contributed by atoms with van der Waals surface area (Å²) >= 11 is 11.7. The maximum atomic E-state index is 12.6. The first-order valence-corrected chi connectivity index (χ1v) is 10.8. The molecule has 2 aromatic carbocycles. The number of halogens is 2. The third-order valence-electron chi connectivity index (χ3n) is 2.91. The molecule has 2 N–H and O–H groups in total. The molecule has 0 aliphatic carbocycles. The molecule has 26 heavy (non-hydrogen) atoms. The third kappa shape index (κ3) is 4.75. The van der Waals surface area contributed by atoms with E-state index in [0.29, 0.717) is 0 Å². The van der Waals surface area contributed by atoms with E-state index in [9.17, 15) is 26.9 Å². The fourth-order valence-electron chi connectivity index (χ4n) is 1.98. The Morgan fingerprint density at radius 3 is 2.12 bits per heavy atom. The van der Waals surface area contributed by atoms with Crippen molar-refractivity contribution in [2.45, 2.75) is 4.90 Å². The number of benzene rings is 2. The second-order valence-electron chi connectivity index (χ2n) is 5.03. The van der Waals surface area contributed by atoms with Gasteiger partial charge in [0.2, 0.25) is 10.0 Å². The van der Waals surface area contributed by atoms with Gasteiger partial charge in [0.1, 0.15) is 9.92 Å². The summed E-state index contributed by atoms with van der Waals surface area (Å²) in [5.74, 6) is 0. The van der Waals surface area contributed by atoms with Gasteiger partial charge in [0.15, 0.2) is 0 Å². The van der Waals surface area contributed by atoms with E-state index in [4.69, 9.17) is 23.2 Å². The van der Waals surface area contributed by atoms with E-state index in [-0.39, 0.29) is 16.4 Å². The smallest absolute Gasteiger partial charge is 0.284 e. The molecule has 0 radical (unpaired) electrons. The number of nitro groups is 1. The van der Waals surface area contributed by atoms with Crippen LogP contribution < -0.4 is 9.44 Å². The van der Waals surface area contributed by atoms with Crippen molar-refractivity contribution in [1.29, 1.82) is 0 Å². The Balaban J connectivity index is 2.46. The van der Waals surface area contributed by atoms with Crippen LogP contribution in [-0.4, -0.2) is 28.0 Å². The molecule has 140 valence electrons. The molecule has 2 rings (SSSR count). The minimum Gasteiger partial charge on any atom is -0.284 e. The number of nitrogens with one attached hydrogen (secondary N) is 2. The maximum Gasteiger partial charge on any atom is 0.289 e. The van der Waals surface area contributed by atoms with Gasteiger partial charge in [-0.1, -0.05) is 29.3 Å². The largest absolute Gasteiger partial charge is 0.289 e. The summed E-state index contributed by atoms with van der Waals surface area (Å²) in [7, 11) is -7.95. The summed E-state index contributed by atoms with van der Waals surface area (Å²) in [5, 5.41) is 10.0. The average Bonchev–Trinajstić information content (AvgIpc) is 2.44. The summed E-state index contributed by atoms with van der Waals surface area (Å²) in [4.78, 5) is 9.45. The van der Waals surface area contributed by atoms with E-state index in [1.54, 1.807) is 0 Å². The van der Waals surface area contributed by atoms with Crippen LogP contribution in [-0.2, 0) is 20.0 Å². The molecule has 0 atom stereocenters. The van der Waals surface area contributed by atoms with E-state index in [2.05, 4.69) is 9.44 Å². The molecular formula is C13H11Cl2N3O6S2. The van der Waals surface area contributed by atoms with E-state index in [1.165, 1.54) is 24.3 Å². The summed E-state index contributed by atoms with van der Waals surface area (Å²) in [6, 6.07) is 7.41. The van der Waals surface area contributed by atoms with Crippen molar-refractivity contribution in [3.63, 3.8) is 0 Å². The lowest BCUT2D eigenvalue weighted by Gasteiger charge is -2.12. The molecule has 0 spiro atoms. The van der Waals surface area contributed by atoms with Gasteiger partial charge in [-0.15, -0.1) is 0 Å². The molecular weight excluding hydrogens is 429 g/mol. The number of nitrogens with zero attached hydrogens (tertiary/aromatic N) is 1. The van der Waals surface area contributed by atoms with Crippen LogP contribution in [0.2, 0.25) is 10.0 Å². The molecule has 0 aliphatic rings. The first-order chi connectivity index (χ1) is 11.9. The summed E-state index contributed by atoms with van der Waals surface area (Å²) in [5.41, 5.74) is -0.509. The van der Waals surface area contributed by atoms with Crippen molar-refractivity contribution in [2.24, 2.45) is 0 Å². The zero-order chi connectivity index (χ0) is 19.7. The number of sulfonamides is 2. The number of nitro benzene ring substituents is 1. The molecule has 9 nitrogen and oxygen atoms in total. The van der Waals surface area contributed by atoms with Crippen molar-refractivity contribution in [1.82, 2.24) is 0 Å². The zero-order valence-electron chi connectivity index (χ0n) is 12.9. The second kappa shape index (κ2) is 7.27. The number of hydrogen-bond acceptors (Lipinski definition) is 6. The van der Waals surface area contributed by atoms with Crippen molar-refractivity contribution in [2.75, 3.05) is 15.7 Å². The van der Waals surface area contributed by atoms with Crippen LogP contribution in [0.15, 0.2) is 41.3 Å². The number of rotatable bonds is 6. The number of hydrogen-bond donors (Lipinski definition) is 2. The lowest BCUT2D eigenvalue weighted by atomic mass is 10.3. The van der Waals surface area contributed by atoms with Gasteiger partial charge in [0.25, 0.3) is 15.7 Å². The molecule has 0 heterocycles. The van der Waals surface area contributed by atoms with Gasteiger partial charge in [-0.2, -0.15) is 0 Å². The highest BCUT2D eigenvalue weighted by Gasteiger charge is 2.28. The minimum absolute atomic E-state index is 0.00251. The molecule has 0 aromatic heterocycles. The van der Waals surface area contributed by atoms with Gasteiger partial charge in [-0.05, 0) is 24.3 Å². The van der Waals surface area contributed by atoms with E-state index < -0.39 is 40.6 Å². The Kier molecular flexibility index (Phi) is 5.66. The van der Waals surface area contributed by atoms with Gasteiger partial charge >= 0.3 is 0 Å². The van der Waals surface area contributed by atoms with Gasteiger partial charge in [0.05, 0.1) is 27.6 Å². The van der Waals surface area contributed by atoms with Crippen LogP contribution in [0.25, 0.3) is 0 Å². The summed E-state index contributed by atoms with van der Waals surface area (Å²) in [6.45, 7) is 0. The topological polar surface area (TPSA) is 135 Å². The van der Waals surface area contributed by atoms with Gasteiger partial charge in [-0.3, -0.25) is 19.6 Å². The fraction of sp³-hybridized carbons (Fsp3) is 0.0769. The van der Waals surface area contributed by atoms with Crippen molar-refractivity contribution in [3.8, 4) is 0 Å². The van der Waals surface area contributed by atoms with Crippen molar-refractivity contribution < 1.29 is 21.8 Å². The molecule has 0 bridgehead atoms. The van der Waals surface area contributed by atoms with Crippen LogP contribution in [0, 0.1) is 10.1 Å². The molecule has 0 saturated heterocycles. The van der Waals surface area contributed by atoms with Crippen LogP contribution in [0.1, 0.15) is 0 Å². The lowest BCUT2D eigenvalue weighted by Crippen LogP contribution is -2.15. The van der Waals surface area contributed by atoms with Crippen LogP contribution >= 0.6 is 23.2 Å². The second-order valence-corrected chi connectivity index (χ2v) is 9.18. The highest BCUT2D eigenvalue weighted by molar-refractivity contribution is 7.93. The fourth-order valence-corrected chi connectivity index (χ4v) is 4.78. The molecule has 0 unspecified atom stereocenters. The third-order valence-corrected chi connectivity index (χ3v) is 5.91. The lowest BCUT2D eigenvalue weighted by molar-refractivity contribution is -0.384. The Bertz CT molecular complexity index is 1090. The van der Waals surface area contributed by atoms with Crippen LogP contribution in [0.3, 0.4) is 0 Å². The monoisotopic (exact) mass is 439 g/mol. The van der Waals surface area contributed by atoms with E-state index in [1.807, 2.05) is 0 Å².